The van der Waals surface area contributed by atoms with E-state index in [1.807, 2.05) is 6.08 Å². The molecule has 0 aliphatic heterocycles. The first-order chi connectivity index (χ1) is 7.70. The first kappa shape index (κ1) is 15.4. The van der Waals surface area contributed by atoms with E-state index in [4.69, 9.17) is 4.74 Å². The molecule has 16 heavy (non-hydrogen) atoms. The Hall–Kier alpha value is -0.640. The molecular formula is C12H19BrO3. The summed E-state index contributed by atoms with van der Waals surface area (Å²) in [5.41, 5.74) is 0. The molecule has 0 aliphatic carbocycles. The van der Waals surface area contributed by atoms with Crippen LogP contribution in [0.15, 0.2) is 12.2 Å². The summed E-state index contributed by atoms with van der Waals surface area (Å²) < 4.78 is 4.74. The van der Waals surface area contributed by atoms with Crippen molar-refractivity contribution >= 4 is 27.7 Å². The summed E-state index contributed by atoms with van der Waals surface area (Å²) in [7, 11) is 0. The minimum atomic E-state index is -0.281. The summed E-state index contributed by atoms with van der Waals surface area (Å²) in [4.78, 5) is 21.8. The molecule has 0 bridgehead atoms. The topological polar surface area (TPSA) is 43.4 Å². The van der Waals surface area contributed by atoms with Gasteiger partial charge in [0, 0.05) is 12.5 Å². The number of rotatable bonds is 9. The third-order valence-corrected chi connectivity index (χ3v) is 2.64. The highest BCUT2D eigenvalue weighted by Gasteiger charge is 1.98. The number of alkyl halides is 1. The van der Waals surface area contributed by atoms with Crippen molar-refractivity contribution in [1.29, 1.82) is 0 Å². The van der Waals surface area contributed by atoms with E-state index in [0.29, 0.717) is 18.4 Å². The van der Waals surface area contributed by atoms with Crippen molar-refractivity contribution in [2.45, 2.75) is 39.0 Å². The van der Waals surface area contributed by atoms with E-state index >= 15 is 0 Å². The number of ether oxygens (including phenoxy) is 1. The van der Waals surface area contributed by atoms with Crippen molar-refractivity contribution in [3.8, 4) is 0 Å². The second kappa shape index (κ2) is 10.9. The zero-order chi connectivity index (χ0) is 12.2. The molecule has 92 valence electrons. The first-order valence-corrected chi connectivity index (χ1v) is 6.73. The van der Waals surface area contributed by atoms with E-state index in [1.165, 1.54) is 6.08 Å². The average molecular weight is 291 g/mol. The lowest BCUT2D eigenvalue weighted by atomic mass is 10.1. The number of hydrogen-bond donors (Lipinski definition) is 0. The molecule has 0 atom stereocenters. The molecule has 0 unspecified atom stereocenters. The second-order valence-electron chi connectivity index (χ2n) is 3.43. The maximum absolute atomic E-state index is 10.9. The Morgan fingerprint density at radius 3 is 2.62 bits per heavy atom. The third kappa shape index (κ3) is 9.90. The predicted molar refractivity (Wildman–Crippen MR) is 67.7 cm³/mol. The lowest BCUT2D eigenvalue weighted by Gasteiger charge is -1.97. The quantitative estimate of drug-likeness (QED) is 0.284. The molecule has 0 amide bonds. The minimum Gasteiger partial charge on any atom is -0.463 e. The monoisotopic (exact) mass is 290 g/mol. The van der Waals surface area contributed by atoms with Gasteiger partial charge in [0.25, 0.3) is 0 Å². The van der Waals surface area contributed by atoms with Crippen LogP contribution in [-0.4, -0.2) is 23.7 Å². The number of hydrogen-bond acceptors (Lipinski definition) is 3. The second-order valence-corrected chi connectivity index (χ2v) is 3.99. The average Bonchev–Trinajstić information content (AvgIpc) is 2.27. The van der Waals surface area contributed by atoms with Gasteiger partial charge in [-0.1, -0.05) is 28.4 Å². The molecule has 0 rings (SSSR count). The number of ketones is 1. The molecule has 0 heterocycles. The predicted octanol–water partition coefficient (Wildman–Crippen LogP) is 3.02. The van der Waals surface area contributed by atoms with Crippen LogP contribution in [0.4, 0.5) is 0 Å². The molecule has 4 heteroatoms. The summed E-state index contributed by atoms with van der Waals surface area (Å²) in [5, 5.41) is 0.454. The van der Waals surface area contributed by atoms with Gasteiger partial charge in [-0.15, -0.1) is 0 Å². The van der Waals surface area contributed by atoms with Crippen LogP contribution in [0.1, 0.15) is 39.0 Å². The van der Waals surface area contributed by atoms with E-state index in [9.17, 15) is 9.59 Å². The Bertz CT molecular complexity index is 236. The fraction of sp³-hybridized carbons (Fsp3) is 0.667. The van der Waals surface area contributed by atoms with Gasteiger partial charge in [-0.05, 0) is 26.2 Å². The Kier molecular flexibility index (Phi) is 10.4. The molecule has 0 aromatic heterocycles. The van der Waals surface area contributed by atoms with Gasteiger partial charge < -0.3 is 4.74 Å². The number of Topliss-reactive ketones (excluding diaryl/α,β-unsaturated/α-hetero) is 1. The van der Waals surface area contributed by atoms with Gasteiger partial charge >= 0.3 is 5.97 Å². The van der Waals surface area contributed by atoms with Crippen LogP contribution >= 0.6 is 15.9 Å². The van der Waals surface area contributed by atoms with Crippen LogP contribution in [0.25, 0.3) is 0 Å². The van der Waals surface area contributed by atoms with Crippen LogP contribution in [0.3, 0.4) is 0 Å². The fourth-order valence-corrected chi connectivity index (χ4v) is 1.48. The molecule has 0 saturated carbocycles. The largest absolute Gasteiger partial charge is 0.463 e. The van der Waals surface area contributed by atoms with Crippen molar-refractivity contribution in [2.75, 3.05) is 11.9 Å². The first-order valence-electron chi connectivity index (χ1n) is 5.61. The van der Waals surface area contributed by atoms with Crippen LogP contribution in [0.5, 0.6) is 0 Å². The van der Waals surface area contributed by atoms with Crippen LogP contribution < -0.4 is 0 Å². The molecule has 0 aromatic rings. The Labute approximate surface area is 105 Å². The Balaban J connectivity index is 3.33. The van der Waals surface area contributed by atoms with Crippen molar-refractivity contribution < 1.29 is 14.3 Å². The van der Waals surface area contributed by atoms with E-state index in [1.54, 1.807) is 6.92 Å². The lowest BCUT2D eigenvalue weighted by Crippen LogP contribution is -1.98. The van der Waals surface area contributed by atoms with Gasteiger partial charge in [-0.25, -0.2) is 4.79 Å². The van der Waals surface area contributed by atoms with Crippen molar-refractivity contribution in [2.24, 2.45) is 0 Å². The summed E-state index contributed by atoms with van der Waals surface area (Å²) >= 11 is 3.13. The number of halogens is 1. The zero-order valence-electron chi connectivity index (χ0n) is 9.71. The summed E-state index contributed by atoms with van der Waals surface area (Å²) in [6.45, 7) is 2.20. The minimum absolute atomic E-state index is 0.252. The zero-order valence-corrected chi connectivity index (χ0v) is 11.3. The Morgan fingerprint density at radius 1 is 1.25 bits per heavy atom. The van der Waals surface area contributed by atoms with Crippen LogP contribution in [-0.2, 0) is 14.3 Å². The van der Waals surface area contributed by atoms with E-state index in [-0.39, 0.29) is 11.8 Å². The van der Waals surface area contributed by atoms with Crippen molar-refractivity contribution in [3.63, 3.8) is 0 Å². The fourth-order valence-electron chi connectivity index (χ4n) is 1.20. The lowest BCUT2D eigenvalue weighted by molar-refractivity contribution is -0.137. The van der Waals surface area contributed by atoms with Crippen molar-refractivity contribution in [1.82, 2.24) is 0 Å². The summed E-state index contributed by atoms with van der Waals surface area (Å²) in [6.07, 6.45) is 7.75. The molecule has 0 spiro atoms. The molecule has 0 aliphatic rings. The molecule has 3 nitrogen and oxygen atoms in total. The highest BCUT2D eigenvalue weighted by Crippen LogP contribution is 2.05. The maximum atomic E-state index is 10.9. The normalized spacial score (nSPS) is 10.6. The van der Waals surface area contributed by atoms with Gasteiger partial charge in [0.1, 0.15) is 5.78 Å². The van der Waals surface area contributed by atoms with E-state index < -0.39 is 0 Å². The third-order valence-electron chi connectivity index (χ3n) is 2.02. The van der Waals surface area contributed by atoms with Gasteiger partial charge in [0.2, 0.25) is 0 Å². The molecule has 0 aromatic carbocycles. The highest BCUT2D eigenvalue weighted by molar-refractivity contribution is 9.09. The van der Waals surface area contributed by atoms with Gasteiger partial charge in [0.05, 0.1) is 11.9 Å². The van der Waals surface area contributed by atoms with Crippen molar-refractivity contribution in [3.05, 3.63) is 12.2 Å². The number of esters is 1. The smallest absolute Gasteiger partial charge is 0.330 e. The number of allylic oxidation sites excluding steroid dienone is 1. The van der Waals surface area contributed by atoms with Crippen LogP contribution in [0, 0.1) is 0 Å². The number of carbonyl (C=O) groups excluding carboxylic acids is 2. The number of unbranched alkanes of at least 4 members (excludes halogenated alkanes) is 3. The van der Waals surface area contributed by atoms with E-state index in [2.05, 4.69) is 15.9 Å². The Morgan fingerprint density at radius 2 is 2.00 bits per heavy atom. The van der Waals surface area contributed by atoms with Gasteiger partial charge in [0.15, 0.2) is 0 Å². The van der Waals surface area contributed by atoms with Crippen LogP contribution in [0.2, 0.25) is 0 Å². The van der Waals surface area contributed by atoms with Gasteiger partial charge in [-0.2, -0.15) is 0 Å². The standard InChI is InChI=1S/C12H19BrO3/c1-2-16-12(15)9-7-5-3-4-6-8-11(14)10-13/h7,9H,2-6,8,10H2,1H3/b9-7+. The summed E-state index contributed by atoms with van der Waals surface area (Å²) in [5.74, 6) is -0.0287. The SMILES string of the molecule is CCOC(=O)/C=C/CCCCCC(=O)CBr. The molecular weight excluding hydrogens is 272 g/mol. The maximum Gasteiger partial charge on any atom is 0.330 e. The number of carbonyl (C=O) groups is 2. The van der Waals surface area contributed by atoms with Gasteiger partial charge in [-0.3, -0.25) is 4.79 Å². The van der Waals surface area contributed by atoms with E-state index in [0.717, 1.165) is 25.7 Å². The molecule has 0 saturated heterocycles. The molecule has 0 N–H and O–H groups in total. The molecule has 0 fully saturated rings. The summed E-state index contributed by atoms with van der Waals surface area (Å²) in [6, 6.07) is 0. The highest BCUT2D eigenvalue weighted by atomic mass is 79.9. The molecule has 0 radical (unpaired) electrons.